The number of rotatable bonds is 8. The van der Waals surface area contributed by atoms with Crippen LogP contribution in [0.3, 0.4) is 0 Å². The highest BCUT2D eigenvalue weighted by molar-refractivity contribution is 5.85. The molecule has 1 rings (SSSR count). The van der Waals surface area contributed by atoms with E-state index in [2.05, 4.69) is 10.6 Å². The van der Waals surface area contributed by atoms with Gasteiger partial charge in [-0.15, -0.1) is 12.4 Å². The summed E-state index contributed by atoms with van der Waals surface area (Å²) in [5.74, 6) is 0.523. The monoisotopic (exact) mass is 305 g/mol. The summed E-state index contributed by atoms with van der Waals surface area (Å²) < 4.78 is 0. The van der Waals surface area contributed by atoms with E-state index in [4.69, 9.17) is 5.73 Å². The second-order valence-corrected chi connectivity index (χ2v) is 6.02. The van der Waals surface area contributed by atoms with Gasteiger partial charge < -0.3 is 16.4 Å². The third-order valence-corrected chi connectivity index (χ3v) is 3.58. The van der Waals surface area contributed by atoms with Crippen molar-refractivity contribution in [1.82, 2.24) is 10.6 Å². The zero-order valence-corrected chi connectivity index (χ0v) is 13.5. The van der Waals surface area contributed by atoms with Crippen LogP contribution in [0.2, 0.25) is 0 Å². The standard InChI is InChI=1S/C14H27N3O2.ClH/c1-10(2)16-12(18)5-4-6-13(19)17-14(3,9-15)11-7-8-11;/h10-11H,4-9,15H2,1-3H3,(H,16,18)(H,17,19);1H. The maximum Gasteiger partial charge on any atom is 0.220 e. The fourth-order valence-electron chi connectivity index (χ4n) is 2.22. The van der Waals surface area contributed by atoms with Gasteiger partial charge in [-0.05, 0) is 46.0 Å². The van der Waals surface area contributed by atoms with Crippen molar-refractivity contribution in [1.29, 1.82) is 0 Å². The topological polar surface area (TPSA) is 84.2 Å². The van der Waals surface area contributed by atoms with E-state index in [1.807, 2.05) is 20.8 Å². The highest BCUT2D eigenvalue weighted by atomic mass is 35.5. The summed E-state index contributed by atoms with van der Waals surface area (Å²) in [5, 5.41) is 5.84. The van der Waals surface area contributed by atoms with Crippen LogP contribution in [-0.4, -0.2) is 29.9 Å². The number of hydrogen-bond acceptors (Lipinski definition) is 3. The highest BCUT2D eigenvalue weighted by Crippen LogP contribution is 2.38. The largest absolute Gasteiger partial charge is 0.354 e. The van der Waals surface area contributed by atoms with E-state index < -0.39 is 0 Å². The number of amides is 2. The zero-order valence-electron chi connectivity index (χ0n) is 12.7. The second kappa shape index (κ2) is 8.47. The van der Waals surface area contributed by atoms with Crippen molar-refractivity contribution >= 4 is 24.2 Å². The zero-order chi connectivity index (χ0) is 14.5. The molecule has 1 fully saturated rings. The van der Waals surface area contributed by atoms with E-state index in [0.29, 0.717) is 31.7 Å². The van der Waals surface area contributed by atoms with Gasteiger partial charge in [0.2, 0.25) is 11.8 Å². The molecule has 0 aromatic carbocycles. The predicted octanol–water partition coefficient (Wildman–Crippen LogP) is 1.35. The Morgan fingerprint density at radius 2 is 1.80 bits per heavy atom. The van der Waals surface area contributed by atoms with Crippen molar-refractivity contribution in [3.8, 4) is 0 Å². The van der Waals surface area contributed by atoms with Crippen molar-refractivity contribution in [3.05, 3.63) is 0 Å². The minimum Gasteiger partial charge on any atom is -0.354 e. The van der Waals surface area contributed by atoms with Crippen molar-refractivity contribution in [2.24, 2.45) is 11.7 Å². The van der Waals surface area contributed by atoms with Gasteiger partial charge in [0.25, 0.3) is 0 Å². The molecule has 0 saturated heterocycles. The molecule has 6 heteroatoms. The molecule has 5 nitrogen and oxygen atoms in total. The van der Waals surface area contributed by atoms with E-state index in [1.54, 1.807) is 0 Å². The Morgan fingerprint density at radius 1 is 1.25 bits per heavy atom. The summed E-state index contributed by atoms with van der Waals surface area (Å²) >= 11 is 0. The Bertz CT molecular complexity index is 332. The lowest BCUT2D eigenvalue weighted by Crippen LogP contribution is -2.53. The van der Waals surface area contributed by atoms with Crippen LogP contribution in [0.5, 0.6) is 0 Å². The van der Waals surface area contributed by atoms with E-state index in [-0.39, 0.29) is 35.8 Å². The van der Waals surface area contributed by atoms with Crippen LogP contribution in [0.15, 0.2) is 0 Å². The number of hydrogen-bond donors (Lipinski definition) is 3. The average Bonchev–Trinajstić information content (AvgIpc) is 3.11. The molecule has 0 radical (unpaired) electrons. The van der Waals surface area contributed by atoms with E-state index in [0.717, 1.165) is 12.8 Å². The van der Waals surface area contributed by atoms with E-state index in [9.17, 15) is 9.59 Å². The molecular weight excluding hydrogens is 278 g/mol. The molecule has 2 amide bonds. The third kappa shape index (κ3) is 6.57. The van der Waals surface area contributed by atoms with Gasteiger partial charge in [-0.3, -0.25) is 9.59 Å². The molecule has 118 valence electrons. The first-order valence-electron chi connectivity index (χ1n) is 7.18. The summed E-state index contributed by atoms with van der Waals surface area (Å²) in [5.41, 5.74) is 5.48. The molecule has 0 aromatic heterocycles. The van der Waals surface area contributed by atoms with Crippen LogP contribution in [0.4, 0.5) is 0 Å². The molecule has 0 aromatic rings. The molecule has 1 unspecified atom stereocenters. The van der Waals surface area contributed by atoms with E-state index in [1.165, 1.54) is 0 Å². The van der Waals surface area contributed by atoms with Gasteiger partial charge in [0.05, 0.1) is 5.54 Å². The first-order chi connectivity index (χ1) is 8.87. The van der Waals surface area contributed by atoms with Gasteiger partial charge in [-0.1, -0.05) is 0 Å². The van der Waals surface area contributed by atoms with Gasteiger partial charge in [0.15, 0.2) is 0 Å². The lowest BCUT2D eigenvalue weighted by Gasteiger charge is -2.29. The van der Waals surface area contributed by atoms with Gasteiger partial charge >= 0.3 is 0 Å². The fraction of sp³-hybridized carbons (Fsp3) is 0.857. The van der Waals surface area contributed by atoms with Gasteiger partial charge in [-0.25, -0.2) is 0 Å². The molecule has 0 spiro atoms. The van der Waals surface area contributed by atoms with Crippen LogP contribution >= 0.6 is 12.4 Å². The lowest BCUT2D eigenvalue weighted by atomic mass is 9.95. The lowest BCUT2D eigenvalue weighted by molar-refractivity contribution is -0.123. The minimum absolute atomic E-state index is 0. The molecule has 1 aliphatic carbocycles. The van der Waals surface area contributed by atoms with Crippen LogP contribution in [0.25, 0.3) is 0 Å². The summed E-state index contributed by atoms with van der Waals surface area (Å²) in [6, 6.07) is 0.150. The predicted molar refractivity (Wildman–Crippen MR) is 82.7 cm³/mol. The van der Waals surface area contributed by atoms with Crippen LogP contribution in [0.1, 0.15) is 52.9 Å². The normalized spacial score (nSPS) is 17.1. The summed E-state index contributed by atoms with van der Waals surface area (Å²) in [6.07, 6.45) is 3.65. The molecule has 1 atom stereocenters. The summed E-state index contributed by atoms with van der Waals surface area (Å²) in [7, 11) is 0. The van der Waals surface area contributed by atoms with Gasteiger partial charge in [0, 0.05) is 25.4 Å². The van der Waals surface area contributed by atoms with Crippen molar-refractivity contribution in [2.75, 3.05) is 6.54 Å². The molecule has 0 bridgehead atoms. The SMILES string of the molecule is CC(C)NC(=O)CCCC(=O)NC(C)(CN)C1CC1.Cl. The number of halogens is 1. The van der Waals surface area contributed by atoms with Crippen molar-refractivity contribution in [3.63, 3.8) is 0 Å². The Balaban J connectivity index is 0.00000361. The number of carbonyl (C=O) groups is 2. The molecule has 1 aliphatic rings. The number of nitrogens with two attached hydrogens (primary N) is 1. The maximum atomic E-state index is 11.9. The Morgan fingerprint density at radius 3 is 2.25 bits per heavy atom. The smallest absolute Gasteiger partial charge is 0.220 e. The summed E-state index contributed by atoms with van der Waals surface area (Å²) in [6.45, 7) is 6.32. The average molecular weight is 306 g/mol. The number of nitrogens with one attached hydrogen (secondary N) is 2. The first kappa shape index (κ1) is 19.2. The molecule has 4 N–H and O–H groups in total. The molecule has 1 saturated carbocycles. The Hall–Kier alpha value is -0.810. The minimum atomic E-state index is -0.267. The molecule has 0 heterocycles. The first-order valence-corrected chi connectivity index (χ1v) is 7.18. The quantitative estimate of drug-likeness (QED) is 0.633. The fourth-order valence-corrected chi connectivity index (χ4v) is 2.22. The number of carbonyl (C=O) groups excluding carboxylic acids is 2. The maximum absolute atomic E-state index is 11.9. The van der Waals surface area contributed by atoms with Gasteiger partial charge in [0.1, 0.15) is 0 Å². The highest BCUT2D eigenvalue weighted by Gasteiger charge is 2.41. The van der Waals surface area contributed by atoms with Crippen molar-refractivity contribution in [2.45, 2.75) is 64.5 Å². The second-order valence-electron chi connectivity index (χ2n) is 6.02. The summed E-state index contributed by atoms with van der Waals surface area (Å²) in [4.78, 5) is 23.3. The molecule has 20 heavy (non-hydrogen) atoms. The van der Waals surface area contributed by atoms with Crippen LogP contribution in [-0.2, 0) is 9.59 Å². The molecular formula is C14H28ClN3O2. The van der Waals surface area contributed by atoms with Crippen LogP contribution in [0, 0.1) is 5.92 Å². The Labute approximate surface area is 127 Å². The van der Waals surface area contributed by atoms with Crippen molar-refractivity contribution < 1.29 is 9.59 Å². The Kier molecular flexibility index (Phi) is 8.13. The van der Waals surface area contributed by atoms with Gasteiger partial charge in [-0.2, -0.15) is 0 Å². The van der Waals surface area contributed by atoms with E-state index >= 15 is 0 Å². The van der Waals surface area contributed by atoms with Crippen LogP contribution < -0.4 is 16.4 Å². The molecule has 0 aliphatic heterocycles. The third-order valence-electron chi connectivity index (χ3n) is 3.58.